The summed E-state index contributed by atoms with van der Waals surface area (Å²) in [4.78, 5) is 23.1. The fraction of sp³-hybridized carbons (Fsp3) is 0.308. The summed E-state index contributed by atoms with van der Waals surface area (Å²) in [7, 11) is 1.45. The summed E-state index contributed by atoms with van der Waals surface area (Å²) in [5.74, 6) is -0.699. The average molecular weight is 262 g/mol. The molecule has 0 aliphatic carbocycles. The third kappa shape index (κ3) is 4.32. The predicted octanol–water partition coefficient (Wildman–Crippen LogP) is 0.880. The van der Waals surface area contributed by atoms with Gasteiger partial charge in [0, 0.05) is 0 Å². The van der Waals surface area contributed by atoms with Gasteiger partial charge in [0.05, 0.1) is 12.7 Å². The van der Waals surface area contributed by atoms with Gasteiger partial charge in [-0.25, -0.2) is 0 Å². The third-order valence-electron chi connectivity index (χ3n) is 2.23. The zero-order valence-electron chi connectivity index (χ0n) is 10.7. The van der Waals surface area contributed by atoms with Crippen molar-refractivity contribution in [2.75, 3.05) is 13.7 Å². The minimum atomic E-state index is -0.837. The number of benzene rings is 1. The molecule has 100 valence electrons. The van der Waals surface area contributed by atoms with Crippen molar-refractivity contribution < 1.29 is 19.1 Å². The number of esters is 1. The number of ether oxygens (including phenoxy) is 2. The Balaban J connectivity index is 2.56. The Kier molecular flexibility index (Phi) is 5.35. The van der Waals surface area contributed by atoms with Crippen LogP contribution >= 0.6 is 0 Å². The second kappa shape index (κ2) is 7.01. The smallest absolute Gasteiger partial charge is 0.326 e. The van der Waals surface area contributed by atoms with Crippen molar-refractivity contribution in [1.82, 2.24) is 5.32 Å². The molecule has 1 aromatic rings. The number of rotatable bonds is 5. The second-order valence-corrected chi connectivity index (χ2v) is 3.64. The monoisotopic (exact) mass is 262 g/mol. The minimum absolute atomic E-state index is 0.303. The number of nitrogens with zero attached hydrogens (tertiary/aromatic N) is 1. The number of para-hydroxylation sites is 1. The highest BCUT2D eigenvalue weighted by atomic mass is 16.5. The van der Waals surface area contributed by atoms with E-state index in [1.54, 1.807) is 30.3 Å². The van der Waals surface area contributed by atoms with Crippen LogP contribution in [0.3, 0.4) is 0 Å². The van der Waals surface area contributed by atoms with E-state index in [0.717, 1.165) is 0 Å². The zero-order chi connectivity index (χ0) is 14.3. The largest absolute Gasteiger partial charge is 0.496 e. The number of nitrogens with one attached hydrogen (secondary N) is 1. The molecule has 6 heteroatoms. The van der Waals surface area contributed by atoms with Crippen LogP contribution < -0.4 is 10.1 Å². The van der Waals surface area contributed by atoms with E-state index in [2.05, 4.69) is 5.32 Å². The molecule has 0 aromatic heterocycles. The lowest BCUT2D eigenvalue weighted by atomic mass is 10.2. The van der Waals surface area contributed by atoms with Gasteiger partial charge in [0.1, 0.15) is 18.4 Å². The van der Waals surface area contributed by atoms with Crippen LogP contribution in [0.15, 0.2) is 24.3 Å². The lowest BCUT2D eigenvalue weighted by Crippen LogP contribution is -2.32. The van der Waals surface area contributed by atoms with E-state index < -0.39 is 18.0 Å². The number of carbonyl (C=O) groups excluding carboxylic acids is 2. The van der Waals surface area contributed by atoms with Gasteiger partial charge in [-0.05, 0) is 19.1 Å². The lowest BCUT2D eigenvalue weighted by molar-refractivity contribution is -0.144. The van der Waals surface area contributed by atoms with Crippen LogP contribution in [0, 0.1) is 11.3 Å². The summed E-state index contributed by atoms with van der Waals surface area (Å²) in [6, 6.07) is 8.40. The maximum atomic E-state index is 11.8. The van der Waals surface area contributed by atoms with Crippen LogP contribution in [-0.4, -0.2) is 31.6 Å². The van der Waals surface area contributed by atoms with Gasteiger partial charge in [0.15, 0.2) is 6.10 Å². The van der Waals surface area contributed by atoms with Crippen LogP contribution in [0.1, 0.15) is 17.3 Å². The van der Waals surface area contributed by atoms with E-state index in [0.29, 0.717) is 11.3 Å². The SMILES string of the molecule is COc1ccccc1C(=O)NCC(=O)OC(C)C#N. The summed E-state index contributed by atoms with van der Waals surface area (Å²) in [5, 5.41) is 10.9. The van der Waals surface area contributed by atoms with Crippen molar-refractivity contribution in [2.24, 2.45) is 0 Å². The quantitative estimate of drug-likeness (QED) is 0.796. The van der Waals surface area contributed by atoms with E-state index in [4.69, 9.17) is 14.7 Å². The fourth-order valence-electron chi connectivity index (χ4n) is 1.35. The van der Waals surface area contributed by atoms with Crippen LogP contribution in [0.5, 0.6) is 5.75 Å². The molecule has 0 radical (unpaired) electrons. The van der Waals surface area contributed by atoms with Gasteiger partial charge in [-0.3, -0.25) is 9.59 Å². The molecule has 0 saturated carbocycles. The summed E-state index contributed by atoms with van der Waals surface area (Å²) >= 11 is 0. The molecule has 1 unspecified atom stereocenters. The molecular formula is C13H14N2O4. The van der Waals surface area contributed by atoms with E-state index in [1.165, 1.54) is 14.0 Å². The van der Waals surface area contributed by atoms with Crippen LogP contribution in [0.4, 0.5) is 0 Å². The summed E-state index contributed by atoms with van der Waals surface area (Å²) < 4.78 is 9.73. The fourth-order valence-corrected chi connectivity index (χ4v) is 1.35. The summed E-state index contributed by atoms with van der Waals surface area (Å²) in [6.45, 7) is 1.14. The van der Waals surface area contributed by atoms with Gasteiger partial charge in [-0.1, -0.05) is 12.1 Å². The highest BCUT2D eigenvalue weighted by Crippen LogP contribution is 2.16. The number of nitriles is 1. The van der Waals surface area contributed by atoms with Crippen molar-refractivity contribution in [1.29, 1.82) is 5.26 Å². The molecule has 1 aromatic carbocycles. The summed E-state index contributed by atoms with van der Waals surface area (Å²) in [6.07, 6.45) is -0.837. The first kappa shape index (κ1) is 14.5. The van der Waals surface area contributed by atoms with Crippen molar-refractivity contribution in [3.63, 3.8) is 0 Å². The van der Waals surface area contributed by atoms with Crippen molar-refractivity contribution in [3.05, 3.63) is 29.8 Å². The molecule has 0 aliphatic rings. The Labute approximate surface area is 110 Å². The molecular weight excluding hydrogens is 248 g/mol. The molecule has 0 spiro atoms. The van der Waals surface area contributed by atoms with Crippen LogP contribution in [-0.2, 0) is 9.53 Å². The molecule has 0 fully saturated rings. The van der Waals surface area contributed by atoms with Gasteiger partial charge in [-0.2, -0.15) is 5.26 Å². The third-order valence-corrected chi connectivity index (χ3v) is 2.23. The molecule has 1 N–H and O–H groups in total. The van der Waals surface area contributed by atoms with Gasteiger partial charge < -0.3 is 14.8 Å². The minimum Gasteiger partial charge on any atom is -0.496 e. The average Bonchev–Trinajstić information content (AvgIpc) is 2.44. The van der Waals surface area contributed by atoms with E-state index in [1.807, 2.05) is 0 Å². The standard InChI is InChI=1S/C13H14N2O4/c1-9(7-14)19-12(16)8-15-13(17)10-5-3-4-6-11(10)18-2/h3-6,9H,8H2,1-2H3,(H,15,17). The maximum absolute atomic E-state index is 11.8. The molecule has 19 heavy (non-hydrogen) atoms. The molecule has 0 aliphatic heterocycles. The van der Waals surface area contributed by atoms with Crippen LogP contribution in [0.25, 0.3) is 0 Å². The van der Waals surface area contributed by atoms with Gasteiger partial charge in [0.2, 0.25) is 0 Å². The Morgan fingerprint density at radius 2 is 2.11 bits per heavy atom. The van der Waals surface area contributed by atoms with Crippen molar-refractivity contribution >= 4 is 11.9 Å². The Hall–Kier alpha value is -2.55. The molecule has 0 saturated heterocycles. The number of amides is 1. The highest BCUT2D eigenvalue weighted by Gasteiger charge is 2.14. The molecule has 1 rings (SSSR count). The highest BCUT2D eigenvalue weighted by molar-refractivity contribution is 5.98. The number of carbonyl (C=O) groups is 2. The van der Waals surface area contributed by atoms with Gasteiger partial charge in [-0.15, -0.1) is 0 Å². The number of methoxy groups -OCH3 is 1. The maximum Gasteiger partial charge on any atom is 0.326 e. The predicted molar refractivity (Wildman–Crippen MR) is 66.5 cm³/mol. The first-order valence-electron chi connectivity index (χ1n) is 5.58. The first-order chi connectivity index (χ1) is 9.08. The normalized spacial score (nSPS) is 11.0. The molecule has 1 atom stereocenters. The Morgan fingerprint density at radius 1 is 1.42 bits per heavy atom. The van der Waals surface area contributed by atoms with Crippen molar-refractivity contribution in [2.45, 2.75) is 13.0 Å². The topological polar surface area (TPSA) is 88.4 Å². The Bertz CT molecular complexity index is 508. The second-order valence-electron chi connectivity index (χ2n) is 3.64. The van der Waals surface area contributed by atoms with Gasteiger partial charge in [0.25, 0.3) is 5.91 Å². The molecule has 0 heterocycles. The molecule has 0 bridgehead atoms. The first-order valence-corrected chi connectivity index (χ1v) is 5.58. The van der Waals surface area contributed by atoms with E-state index in [-0.39, 0.29) is 6.54 Å². The Morgan fingerprint density at radius 3 is 2.74 bits per heavy atom. The van der Waals surface area contributed by atoms with E-state index in [9.17, 15) is 9.59 Å². The van der Waals surface area contributed by atoms with Crippen LogP contribution in [0.2, 0.25) is 0 Å². The molecule has 6 nitrogen and oxygen atoms in total. The lowest BCUT2D eigenvalue weighted by Gasteiger charge is -2.09. The van der Waals surface area contributed by atoms with Gasteiger partial charge >= 0.3 is 5.97 Å². The van der Waals surface area contributed by atoms with E-state index >= 15 is 0 Å². The van der Waals surface area contributed by atoms with Crippen molar-refractivity contribution in [3.8, 4) is 11.8 Å². The number of hydrogen-bond acceptors (Lipinski definition) is 5. The number of hydrogen-bond donors (Lipinski definition) is 1. The molecule has 1 amide bonds. The zero-order valence-corrected chi connectivity index (χ0v) is 10.7. The summed E-state index contributed by atoms with van der Waals surface area (Å²) in [5.41, 5.74) is 0.325.